The summed E-state index contributed by atoms with van der Waals surface area (Å²) in [6.07, 6.45) is 4.51. The lowest BCUT2D eigenvalue weighted by Crippen LogP contribution is -2.15. The summed E-state index contributed by atoms with van der Waals surface area (Å²) in [5.41, 5.74) is 3.47. The fourth-order valence-corrected chi connectivity index (χ4v) is 2.98. The third kappa shape index (κ3) is 4.79. The van der Waals surface area contributed by atoms with E-state index in [1.54, 1.807) is 0 Å². The molecule has 5 heteroatoms. The predicted molar refractivity (Wildman–Crippen MR) is 104 cm³/mol. The number of carbonyl (C=O) groups is 1. The van der Waals surface area contributed by atoms with Crippen molar-refractivity contribution in [3.63, 3.8) is 0 Å². The van der Waals surface area contributed by atoms with Crippen LogP contribution in [0.5, 0.6) is 5.75 Å². The zero-order chi connectivity index (χ0) is 18.4. The number of H-pyrrole nitrogens is 1. The van der Waals surface area contributed by atoms with E-state index >= 15 is 0 Å². The number of benzene rings is 2. The Labute approximate surface area is 158 Å². The van der Waals surface area contributed by atoms with Crippen LogP contribution in [0.3, 0.4) is 0 Å². The SMILES string of the molecule is CCc1ccc(OCC(=O)OCCCc2c[nH]c3ccc(Cl)cc23)cc1. The number of fused-ring (bicyclic) bond motifs is 1. The summed E-state index contributed by atoms with van der Waals surface area (Å²) in [4.78, 5) is 15.0. The Morgan fingerprint density at radius 1 is 1.15 bits per heavy atom. The molecule has 0 aliphatic carbocycles. The minimum absolute atomic E-state index is 0.0752. The molecular weight excluding hydrogens is 350 g/mol. The monoisotopic (exact) mass is 371 g/mol. The molecule has 0 radical (unpaired) electrons. The summed E-state index contributed by atoms with van der Waals surface area (Å²) >= 11 is 6.06. The van der Waals surface area contributed by atoms with Crippen LogP contribution in [0.4, 0.5) is 0 Å². The number of hydrogen-bond acceptors (Lipinski definition) is 3. The van der Waals surface area contributed by atoms with Crippen LogP contribution < -0.4 is 4.74 Å². The molecule has 26 heavy (non-hydrogen) atoms. The molecule has 0 amide bonds. The van der Waals surface area contributed by atoms with Gasteiger partial charge in [-0.05, 0) is 60.7 Å². The average molecular weight is 372 g/mol. The van der Waals surface area contributed by atoms with Gasteiger partial charge in [-0.25, -0.2) is 4.79 Å². The van der Waals surface area contributed by atoms with Crippen molar-refractivity contribution < 1.29 is 14.3 Å². The van der Waals surface area contributed by atoms with Gasteiger partial charge in [0.2, 0.25) is 0 Å². The second kappa shape index (κ2) is 8.77. The number of aromatic nitrogens is 1. The van der Waals surface area contributed by atoms with Gasteiger partial charge in [0.15, 0.2) is 6.61 Å². The van der Waals surface area contributed by atoms with E-state index < -0.39 is 0 Å². The second-order valence-corrected chi connectivity index (χ2v) is 6.55. The van der Waals surface area contributed by atoms with Crippen molar-refractivity contribution in [1.82, 2.24) is 4.98 Å². The second-order valence-electron chi connectivity index (χ2n) is 6.11. The number of carbonyl (C=O) groups excluding carboxylic acids is 1. The van der Waals surface area contributed by atoms with E-state index in [0.717, 1.165) is 30.2 Å². The molecule has 1 heterocycles. The normalized spacial score (nSPS) is 10.8. The molecule has 0 unspecified atom stereocenters. The third-order valence-electron chi connectivity index (χ3n) is 4.27. The lowest BCUT2D eigenvalue weighted by atomic mass is 10.1. The van der Waals surface area contributed by atoms with E-state index in [1.807, 2.05) is 48.7 Å². The predicted octanol–water partition coefficient (Wildman–Crippen LogP) is 4.94. The van der Waals surface area contributed by atoms with E-state index in [-0.39, 0.29) is 12.6 Å². The number of hydrogen-bond donors (Lipinski definition) is 1. The zero-order valence-electron chi connectivity index (χ0n) is 14.8. The molecule has 136 valence electrons. The summed E-state index contributed by atoms with van der Waals surface area (Å²) < 4.78 is 10.7. The largest absolute Gasteiger partial charge is 0.482 e. The van der Waals surface area contributed by atoms with Gasteiger partial charge in [-0.1, -0.05) is 30.7 Å². The number of ether oxygens (including phenoxy) is 2. The fourth-order valence-electron chi connectivity index (χ4n) is 2.81. The maximum Gasteiger partial charge on any atom is 0.344 e. The van der Waals surface area contributed by atoms with Crippen molar-refractivity contribution in [2.75, 3.05) is 13.2 Å². The summed E-state index contributed by atoms with van der Waals surface area (Å²) in [5, 5.41) is 1.83. The Bertz CT molecular complexity index is 871. The van der Waals surface area contributed by atoms with Gasteiger partial charge in [-0.2, -0.15) is 0 Å². The molecule has 3 rings (SSSR count). The average Bonchev–Trinajstić information content (AvgIpc) is 3.06. The zero-order valence-corrected chi connectivity index (χ0v) is 15.5. The van der Waals surface area contributed by atoms with Crippen LogP contribution in [0.25, 0.3) is 10.9 Å². The number of nitrogens with one attached hydrogen (secondary N) is 1. The number of halogens is 1. The summed E-state index contributed by atoms with van der Waals surface area (Å²) in [6, 6.07) is 13.5. The maximum absolute atomic E-state index is 11.8. The Morgan fingerprint density at radius 2 is 1.96 bits per heavy atom. The van der Waals surface area contributed by atoms with Crippen molar-refractivity contribution in [3.05, 3.63) is 64.8 Å². The first kappa shape index (κ1) is 18.3. The van der Waals surface area contributed by atoms with Crippen molar-refractivity contribution in [3.8, 4) is 5.75 Å². The first-order valence-electron chi connectivity index (χ1n) is 8.78. The van der Waals surface area contributed by atoms with Gasteiger partial charge in [0.25, 0.3) is 0 Å². The quantitative estimate of drug-likeness (QED) is 0.450. The van der Waals surface area contributed by atoms with Crippen molar-refractivity contribution >= 4 is 28.5 Å². The molecule has 1 N–H and O–H groups in total. The molecule has 4 nitrogen and oxygen atoms in total. The Balaban J connectivity index is 1.40. The molecular formula is C21H22ClNO3. The topological polar surface area (TPSA) is 51.3 Å². The molecule has 1 aromatic heterocycles. The molecule has 3 aromatic rings. The van der Waals surface area contributed by atoms with E-state index in [1.165, 1.54) is 11.1 Å². The van der Waals surface area contributed by atoms with Crippen LogP contribution in [0, 0.1) is 0 Å². The van der Waals surface area contributed by atoms with Crippen molar-refractivity contribution in [2.24, 2.45) is 0 Å². The standard InChI is InChI=1S/C21H22ClNO3/c1-2-15-5-8-18(9-6-15)26-14-21(24)25-11-3-4-16-13-23-20-10-7-17(22)12-19(16)20/h5-10,12-13,23H,2-4,11,14H2,1H3. The number of aryl methyl sites for hydroxylation is 2. The number of rotatable bonds is 8. The molecule has 0 bridgehead atoms. The molecule has 0 aliphatic heterocycles. The molecule has 2 aromatic carbocycles. The fraction of sp³-hybridized carbons (Fsp3) is 0.286. The smallest absolute Gasteiger partial charge is 0.344 e. The van der Waals surface area contributed by atoms with Crippen LogP contribution in [0.2, 0.25) is 5.02 Å². The van der Waals surface area contributed by atoms with Gasteiger partial charge in [-0.3, -0.25) is 0 Å². The highest BCUT2D eigenvalue weighted by Gasteiger charge is 2.07. The van der Waals surface area contributed by atoms with E-state index in [2.05, 4.69) is 11.9 Å². The Morgan fingerprint density at radius 3 is 2.73 bits per heavy atom. The molecule has 0 saturated heterocycles. The first-order valence-corrected chi connectivity index (χ1v) is 9.16. The van der Waals surface area contributed by atoms with Gasteiger partial charge < -0.3 is 14.5 Å². The van der Waals surface area contributed by atoms with Crippen LogP contribution in [-0.2, 0) is 22.4 Å². The summed E-state index contributed by atoms with van der Waals surface area (Å²) in [6.45, 7) is 2.39. The highest BCUT2D eigenvalue weighted by atomic mass is 35.5. The van der Waals surface area contributed by atoms with Crippen LogP contribution in [-0.4, -0.2) is 24.2 Å². The minimum Gasteiger partial charge on any atom is -0.482 e. The van der Waals surface area contributed by atoms with Crippen LogP contribution in [0.1, 0.15) is 24.5 Å². The molecule has 0 atom stereocenters. The van der Waals surface area contributed by atoms with Crippen LogP contribution in [0.15, 0.2) is 48.7 Å². The van der Waals surface area contributed by atoms with E-state index in [4.69, 9.17) is 21.1 Å². The molecule has 0 spiro atoms. The van der Waals surface area contributed by atoms with Gasteiger partial charge in [0.1, 0.15) is 5.75 Å². The molecule has 0 saturated carbocycles. The lowest BCUT2D eigenvalue weighted by molar-refractivity contribution is -0.146. The van der Waals surface area contributed by atoms with Gasteiger partial charge >= 0.3 is 5.97 Å². The molecule has 0 fully saturated rings. The highest BCUT2D eigenvalue weighted by Crippen LogP contribution is 2.23. The van der Waals surface area contributed by atoms with Gasteiger partial charge in [-0.15, -0.1) is 0 Å². The van der Waals surface area contributed by atoms with Gasteiger partial charge in [0, 0.05) is 22.1 Å². The van der Waals surface area contributed by atoms with Crippen molar-refractivity contribution in [2.45, 2.75) is 26.2 Å². The molecule has 0 aliphatic rings. The number of esters is 1. The first-order chi connectivity index (χ1) is 12.7. The maximum atomic E-state index is 11.8. The summed E-state index contributed by atoms with van der Waals surface area (Å²) in [7, 11) is 0. The Hall–Kier alpha value is -2.46. The van der Waals surface area contributed by atoms with Gasteiger partial charge in [0.05, 0.1) is 6.61 Å². The summed E-state index contributed by atoms with van der Waals surface area (Å²) in [5.74, 6) is 0.321. The van der Waals surface area contributed by atoms with Crippen molar-refractivity contribution in [1.29, 1.82) is 0 Å². The van der Waals surface area contributed by atoms with E-state index in [0.29, 0.717) is 17.4 Å². The highest BCUT2D eigenvalue weighted by molar-refractivity contribution is 6.31. The van der Waals surface area contributed by atoms with Crippen LogP contribution >= 0.6 is 11.6 Å². The lowest BCUT2D eigenvalue weighted by Gasteiger charge is -2.07. The number of aromatic amines is 1. The van der Waals surface area contributed by atoms with E-state index in [9.17, 15) is 4.79 Å². The minimum atomic E-state index is -0.355. The third-order valence-corrected chi connectivity index (χ3v) is 4.51. The Kier molecular flexibility index (Phi) is 6.18.